The van der Waals surface area contributed by atoms with Crippen molar-refractivity contribution in [2.75, 3.05) is 19.6 Å². The summed E-state index contributed by atoms with van der Waals surface area (Å²) in [5, 5.41) is 0. The summed E-state index contributed by atoms with van der Waals surface area (Å²) in [6.07, 6.45) is 5.23. The summed E-state index contributed by atoms with van der Waals surface area (Å²) >= 11 is 0. The van der Waals surface area contributed by atoms with E-state index in [0.717, 1.165) is 18.9 Å². The van der Waals surface area contributed by atoms with Crippen LogP contribution in [-0.2, 0) is 0 Å². The van der Waals surface area contributed by atoms with Crippen LogP contribution in [0.25, 0.3) is 0 Å². The lowest BCUT2D eigenvalue weighted by Gasteiger charge is -2.30. The minimum absolute atomic E-state index is 0.358. The predicted molar refractivity (Wildman–Crippen MR) is 80.7 cm³/mol. The summed E-state index contributed by atoms with van der Waals surface area (Å²) in [6, 6.07) is 0.358. The first-order valence-electron chi connectivity index (χ1n) is 7.77. The maximum atomic E-state index is 6.24. The van der Waals surface area contributed by atoms with Gasteiger partial charge in [-0.25, -0.2) is 0 Å². The van der Waals surface area contributed by atoms with Crippen molar-refractivity contribution in [1.82, 2.24) is 4.90 Å². The van der Waals surface area contributed by atoms with Crippen molar-refractivity contribution in [3.8, 4) is 0 Å². The van der Waals surface area contributed by atoms with Gasteiger partial charge in [0.25, 0.3) is 0 Å². The van der Waals surface area contributed by atoms with Crippen molar-refractivity contribution in [3.05, 3.63) is 0 Å². The van der Waals surface area contributed by atoms with E-state index in [1.165, 1.54) is 32.4 Å². The fraction of sp³-hybridized carbons (Fsp3) is 1.00. The number of hydrogen-bond donors (Lipinski definition) is 1. The molecule has 2 atom stereocenters. The molecule has 2 unspecified atom stereocenters. The SMILES string of the molecule is CC(C)CC(N)CN1CCCC(C(C)(C)C)CC1. The van der Waals surface area contributed by atoms with Gasteiger partial charge in [-0.05, 0) is 56.0 Å². The Balaban J connectivity index is 2.38. The summed E-state index contributed by atoms with van der Waals surface area (Å²) in [4.78, 5) is 2.60. The van der Waals surface area contributed by atoms with E-state index in [0.29, 0.717) is 17.4 Å². The van der Waals surface area contributed by atoms with Gasteiger partial charge in [-0.15, -0.1) is 0 Å². The van der Waals surface area contributed by atoms with E-state index < -0.39 is 0 Å². The largest absolute Gasteiger partial charge is 0.327 e. The molecule has 0 aromatic rings. The van der Waals surface area contributed by atoms with Crippen LogP contribution in [0.1, 0.15) is 60.3 Å². The van der Waals surface area contributed by atoms with Crippen molar-refractivity contribution in [1.29, 1.82) is 0 Å². The Bertz CT molecular complexity index is 230. The van der Waals surface area contributed by atoms with Gasteiger partial charge in [0.05, 0.1) is 0 Å². The van der Waals surface area contributed by atoms with Crippen molar-refractivity contribution < 1.29 is 0 Å². The molecular weight excluding hydrogens is 220 g/mol. The van der Waals surface area contributed by atoms with Crippen LogP contribution in [0.15, 0.2) is 0 Å². The predicted octanol–water partition coefficient (Wildman–Crippen LogP) is 3.51. The van der Waals surface area contributed by atoms with Crippen LogP contribution in [0.3, 0.4) is 0 Å². The third kappa shape index (κ3) is 5.71. The van der Waals surface area contributed by atoms with Gasteiger partial charge in [-0.2, -0.15) is 0 Å². The van der Waals surface area contributed by atoms with E-state index in [1.54, 1.807) is 0 Å². The van der Waals surface area contributed by atoms with Crippen LogP contribution < -0.4 is 5.73 Å². The molecule has 2 heteroatoms. The third-order valence-electron chi connectivity index (χ3n) is 4.31. The second-order valence-electron chi connectivity index (χ2n) is 7.68. The standard InChI is InChI=1S/C16H34N2/c1-13(2)11-15(17)12-18-9-6-7-14(8-10-18)16(3,4)5/h13-15H,6-12,17H2,1-5H3. The Labute approximate surface area is 114 Å². The first-order chi connectivity index (χ1) is 8.29. The Kier molecular flexibility index (Phi) is 6.13. The summed E-state index contributed by atoms with van der Waals surface area (Å²) in [5.41, 5.74) is 6.70. The molecule has 18 heavy (non-hydrogen) atoms. The third-order valence-corrected chi connectivity index (χ3v) is 4.31. The number of rotatable bonds is 4. The van der Waals surface area contributed by atoms with E-state index in [1.807, 2.05) is 0 Å². The van der Waals surface area contributed by atoms with Gasteiger partial charge in [-0.3, -0.25) is 0 Å². The van der Waals surface area contributed by atoms with Crippen molar-refractivity contribution in [3.63, 3.8) is 0 Å². The smallest absolute Gasteiger partial charge is 0.0170 e. The molecule has 1 fully saturated rings. The number of hydrogen-bond acceptors (Lipinski definition) is 2. The van der Waals surface area contributed by atoms with E-state index in [-0.39, 0.29) is 0 Å². The highest BCUT2D eigenvalue weighted by Crippen LogP contribution is 2.34. The fourth-order valence-electron chi connectivity index (χ4n) is 3.22. The Morgan fingerprint density at radius 1 is 1.17 bits per heavy atom. The summed E-state index contributed by atoms with van der Waals surface area (Å²) in [6.45, 7) is 15.3. The van der Waals surface area contributed by atoms with Crippen molar-refractivity contribution in [2.24, 2.45) is 23.0 Å². The zero-order chi connectivity index (χ0) is 13.8. The van der Waals surface area contributed by atoms with E-state index in [9.17, 15) is 0 Å². The molecule has 1 saturated heterocycles. The Morgan fingerprint density at radius 2 is 1.83 bits per heavy atom. The first-order valence-corrected chi connectivity index (χ1v) is 7.77. The first kappa shape index (κ1) is 16.0. The molecular formula is C16H34N2. The number of nitrogens with two attached hydrogens (primary N) is 1. The van der Waals surface area contributed by atoms with E-state index >= 15 is 0 Å². The molecule has 0 aromatic heterocycles. The van der Waals surface area contributed by atoms with Gasteiger partial charge in [0.1, 0.15) is 0 Å². The lowest BCUT2D eigenvalue weighted by atomic mass is 9.77. The fourth-order valence-corrected chi connectivity index (χ4v) is 3.22. The molecule has 0 aliphatic carbocycles. The second-order valence-corrected chi connectivity index (χ2v) is 7.68. The molecule has 0 radical (unpaired) electrons. The van der Waals surface area contributed by atoms with E-state index in [4.69, 9.17) is 5.73 Å². The highest BCUT2D eigenvalue weighted by molar-refractivity contribution is 4.80. The molecule has 0 aromatic carbocycles. The van der Waals surface area contributed by atoms with Gasteiger partial charge in [-0.1, -0.05) is 34.6 Å². The average molecular weight is 254 g/mol. The maximum absolute atomic E-state index is 6.24. The van der Waals surface area contributed by atoms with Crippen LogP contribution >= 0.6 is 0 Å². The van der Waals surface area contributed by atoms with E-state index in [2.05, 4.69) is 39.5 Å². The molecule has 1 heterocycles. The second kappa shape index (κ2) is 6.91. The van der Waals surface area contributed by atoms with Gasteiger partial charge < -0.3 is 10.6 Å². The van der Waals surface area contributed by atoms with Crippen molar-refractivity contribution >= 4 is 0 Å². The Morgan fingerprint density at radius 3 is 2.39 bits per heavy atom. The topological polar surface area (TPSA) is 29.3 Å². The molecule has 0 bridgehead atoms. The highest BCUT2D eigenvalue weighted by Gasteiger charge is 2.27. The maximum Gasteiger partial charge on any atom is 0.0170 e. The Hall–Kier alpha value is -0.0800. The summed E-state index contributed by atoms with van der Waals surface area (Å²) < 4.78 is 0. The van der Waals surface area contributed by atoms with Crippen LogP contribution in [0.2, 0.25) is 0 Å². The van der Waals surface area contributed by atoms with Crippen LogP contribution in [0.4, 0.5) is 0 Å². The van der Waals surface area contributed by atoms with Gasteiger partial charge in [0.2, 0.25) is 0 Å². The minimum atomic E-state index is 0.358. The minimum Gasteiger partial charge on any atom is -0.327 e. The normalized spacial score (nSPS) is 25.2. The van der Waals surface area contributed by atoms with Crippen LogP contribution in [0, 0.1) is 17.3 Å². The molecule has 1 aliphatic rings. The molecule has 0 spiro atoms. The molecule has 0 saturated carbocycles. The molecule has 1 rings (SSSR count). The van der Waals surface area contributed by atoms with Gasteiger partial charge in [0.15, 0.2) is 0 Å². The monoisotopic (exact) mass is 254 g/mol. The molecule has 1 aliphatic heterocycles. The van der Waals surface area contributed by atoms with Gasteiger partial charge >= 0.3 is 0 Å². The quantitative estimate of drug-likeness (QED) is 0.832. The summed E-state index contributed by atoms with van der Waals surface area (Å²) in [5.74, 6) is 1.60. The number of likely N-dealkylation sites (tertiary alicyclic amines) is 1. The average Bonchev–Trinajstić information content (AvgIpc) is 2.40. The molecule has 0 amide bonds. The highest BCUT2D eigenvalue weighted by atomic mass is 15.1. The zero-order valence-corrected chi connectivity index (χ0v) is 13.2. The lowest BCUT2D eigenvalue weighted by Crippen LogP contribution is -2.39. The molecule has 2 N–H and O–H groups in total. The van der Waals surface area contributed by atoms with Crippen LogP contribution in [0.5, 0.6) is 0 Å². The zero-order valence-electron chi connectivity index (χ0n) is 13.2. The van der Waals surface area contributed by atoms with Crippen molar-refractivity contribution in [2.45, 2.75) is 66.3 Å². The number of nitrogens with zero attached hydrogens (tertiary/aromatic N) is 1. The van der Waals surface area contributed by atoms with Gasteiger partial charge in [0, 0.05) is 12.6 Å². The molecule has 108 valence electrons. The lowest BCUT2D eigenvalue weighted by molar-refractivity contribution is 0.204. The van der Waals surface area contributed by atoms with Crippen LogP contribution in [-0.4, -0.2) is 30.6 Å². The summed E-state index contributed by atoms with van der Waals surface area (Å²) in [7, 11) is 0. The molecule has 2 nitrogen and oxygen atoms in total.